The first-order chi connectivity index (χ1) is 9.15. The molecule has 1 atom stereocenters. The average molecular weight is 265 g/mol. The van der Waals surface area contributed by atoms with Crippen molar-refractivity contribution in [2.24, 2.45) is 0 Å². The lowest BCUT2D eigenvalue weighted by atomic mass is 10.3. The number of nitrogen functional groups attached to an aromatic ring is 1. The molecule has 0 saturated heterocycles. The van der Waals surface area contributed by atoms with Crippen molar-refractivity contribution in [1.82, 2.24) is 0 Å². The lowest BCUT2D eigenvalue weighted by molar-refractivity contribution is -0.147. The van der Waals surface area contributed by atoms with Crippen LogP contribution < -0.4 is 10.5 Å². The molecule has 0 aliphatic heterocycles. The summed E-state index contributed by atoms with van der Waals surface area (Å²) < 4.78 is 15.9. The van der Waals surface area contributed by atoms with Crippen molar-refractivity contribution in [3.05, 3.63) is 36.9 Å². The average Bonchev–Trinajstić information content (AvgIpc) is 2.41. The SMILES string of the molecule is C=CC(=O)OC(COCC)COc1cccc(N)c1. The molecule has 1 rings (SSSR count). The Hall–Kier alpha value is -2.01. The Labute approximate surface area is 113 Å². The highest BCUT2D eigenvalue weighted by Crippen LogP contribution is 2.15. The molecule has 104 valence electrons. The van der Waals surface area contributed by atoms with E-state index in [2.05, 4.69) is 6.58 Å². The van der Waals surface area contributed by atoms with Crippen LogP contribution in [0, 0.1) is 0 Å². The second kappa shape index (κ2) is 8.16. The molecule has 1 aromatic rings. The van der Waals surface area contributed by atoms with Gasteiger partial charge in [0.2, 0.25) is 0 Å². The Balaban J connectivity index is 2.51. The molecule has 5 heteroatoms. The summed E-state index contributed by atoms with van der Waals surface area (Å²) in [5, 5.41) is 0. The van der Waals surface area contributed by atoms with E-state index in [9.17, 15) is 4.79 Å². The third-order valence-corrected chi connectivity index (χ3v) is 2.25. The van der Waals surface area contributed by atoms with Gasteiger partial charge in [-0.2, -0.15) is 0 Å². The van der Waals surface area contributed by atoms with E-state index >= 15 is 0 Å². The highest BCUT2D eigenvalue weighted by molar-refractivity contribution is 5.81. The smallest absolute Gasteiger partial charge is 0.330 e. The van der Waals surface area contributed by atoms with Gasteiger partial charge in [0.15, 0.2) is 6.10 Å². The first-order valence-corrected chi connectivity index (χ1v) is 6.04. The van der Waals surface area contributed by atoms with Crippen LogP contribution in [0.1, 0.15) is 6.92 Å². The van der Waals surface area contributed by atoms with Crippen LogP contribution in [0.2, 0.25) is 0 Å². The standard InChI is InChI=1S/C14H19NO4/c1-3-14(16)19-13(9-17-4-2)10-18-12-7-5-6-11(15)8-12/h3,5-8,13H,1,4,9-10,15H2,2H3. The van der Waals surface area contributed by atoms with Crippen LogP contribution >= 0.6 is 0 Å². The minimum atomic E-state index is -0.499. The van der Waals surface area contributed by atoms with Crippen molar-refractivity contribution in [2.45, 2.75) is 13.0 Å². The molecule has 0 aliphatic rings. The van der Waals surface area contributed by atoms with Gasteiger partial charge in [-0.1, -0.05) is 12.6 Å². The molecular formula is C14H19NO4. The van der Waals surface area contributed by atoms with E-state index in [0.29, 0.717) is 18.0 Å². The van der Waals surface area contributed by atoms with Gasteiger partial charge in [0, 0.05) is 24.4 Å². The van der Waals surface area contributed by atoms with E-state index in [1.807, 2.05) is 6.92 Å². The van der Waals surface area contributed by atoms with Gasteiger partial charge >= 0.3 is 5.97 Å². The summed E-state index contributed by atoms with van der Waals surface area (Å²) >= 11 is 0. The minimum Gasteiger partial charge on any atom is -0.490 e. The Bertz CT molecular complexity index is 420. The molecule has 19 heavy (non-hydrogen) atoms. The first-order valence-electron chi connectivity index (χ1n) is 6.04. The molecule has 0 aromatic heterocycles. The van der Waals surface area contributed by atoms with Gasteiger partial charge in [0.05, 0.1) is 6.61 Å². The fourth-order valence-corrected chi connectivity index (χ4v) is 1.37. The summed E-state index contributed by atoms with van der Waals surface area (Å²) in [6.45, 7) is 6.23. The van der Waals surface area contributed by atoms with E-state index in [-0.39, 0.29) is 13.2 Å². The van der Waals surface area contributed by atoms with Crippen LogP contribution in [0.25, 0.3) is 0 Å². The lowest BCUT2D eigenvalue weighted by Crippen LogP contribution is -2.29. The molecule has 1 aromatic carbocycles. The van der Waals surface area contributed by atoms with Gasteiger partial charge in [-0.25, -0.2) is 4.79 Å². The Morgan fingerprint density at radius 2 is 2.26 bits per heavy atom. The molecule has 0 spiro atoms. The highest BCUT2D eigenvalue weighted by Gasteiger charge is 2.14. The van der Waals surface area contributed by atoms with Crippen molar-refractivity contribution in [2.75, 3.05) is 25.6 Å². The maximum Gasteiger partial charge on any atom is 0.330 e. The zero-order chi connectivity index (χ0) is 14.1. The Morgan fingerprint density at radius 3 is 2.89 bits per heavy atom. The molecule has 0 aliphatic carbocycles. The number of esters is 1. The van der Waals surface area contributed by atoms with Crippen LogP contribution in [-0.4, -0.2) is 31.9 Å². The number of rotatable bonds is 8. The van der Waals surface area contributed by atoms with Crippen LogP contribution in [-0.2, 0) is 14.3 Å². The van der Waals surface area contributed by atoms with Gasteiger partial charge in [0.25, 0.3) is 0 Å². The van der Waals surface area contributed by atoms with Crippen LogP contribution in [0.15, 0.2) is 36.9 Å². The van der Waals surface area contributed by atoms with Crippen LogP contribution in [0.5, 0.6) is 5.75 Å². The monoisotopic (exact) mass is 265 g/mol. The number of carbonyl (C=O) groups is 1. The largest absolute Gasteiger partial charge is 0.490 e. The molecule has 0 amide bonds. The predicted octanol–water partition coefficient (Wildman–Crippen LogP) is 1.78. The van der Waals surface area contributed by atoms with Crippen molar-refractivity contribution < 1.29 is 19.0 Å². The number of hydrogen-bond donors (Lipinski definition) is 1. The van der Waals surface area contributed by atoms with E-state index < -0.39 is 12.1 Å². The lowest BCUT2D eigenvalue weighted by Gasteiger charge is -2.17. The number of nitrogens with two attached hydrogens (primary N) is 1. The highest BCUT2D eigenvalue weighted by atomic mass is 16.6. The van der Waals surface area contributed by atoms with E-state index in [4.69, 9.17) is 19.9 Å². The van der Waals surface area contributed by atoms with E-state index in [0.717, 1.165) is 6.08 Å². The number of ether oxygens (including phenoxy) is 3. The normalized spacial score (nSPS) is 11.6. The molecule has 0 saturated carbocycles. The summed E-state index contributed by atoms with van der Waals surface area (Å²) in [6.07, 6.45) is 0.631. The molecular weight excluding hydrogens is 246 g/mol. The summed E-state index contributed by atoms with van der Waals surface area (Å²) in [4.78, 5) is 11.2. The third kappa shape index (κ3) is 5.92. The summed E-state index contributed by atoms with van der Waals surface area (Å²) in [5.41, 5.74) is 6.26. The van der Waals surface area contributed by atoms with Crippen molar-refractivity contribution in [3.63, 3.8) is 0 Å². The fraction of sp³-hybridized carbons (Fsp3) is 0.357. The van der Waals surface area contributed by atoms with Crippen LogP contribution in [0.3, 0.4) is 0 Å². The summed E-state index contributed by atoms with van der Waals surface area (Å²) in [5.74, 6) is 0.122. The summed E-state index contributed by atoms with van der Waals surface area (Å²) in [6, 6.07) is 7.04. The Morgan fingerprint density at radius 1 is 1.47 bits per heavy atom. The molecule has 0 heterocycles. The number of benzene rings is 1. The van der Waals surface area contributed by atoms with Gasteiger partial charge in [-0.15, -0.1) is 0 Å². The topological polar surface area (TPSA) is 70.8 Å². The molecule has 0 bridgehead atoms. The molecule has 1 unspecified atom stereocenters. The van der Waals surface area contributed by atoms with Gasteiger partial charge in [-0.3, -0.25) is 0 Å². The Kier molecular flexibility index (Phi) is 6.46. The van der Waals surface area contributed by atoms with Gasteiger partial charge < -0.3 is 19.9 Å². The second-order valence-corrected chi connectivity index (χ2v) is 3.81. The van der Waals surface area contributed by atoms with E-state index in [1.54, 1.807) is 24.3 Å². The third-order valence-electron chi connectivity index (χ3n) is 2.25. The number of carbonyl (C=O) groups excluding carboxylic acids is 1. The molecule has 0 radical (unpaired) electrons. The van der Waals surface area contributed by atoms with Crippen molar-refractivity contribution in [3.8, 4) is 5.75 Å². The number of anilines is 1. The zero-order valence-electron chi connectivity index (χ0n) is 11.0. The number of hydrogen-bond acceptors (Lipinski definition) is 5. The zero-order valence-corrected chi connectivity index (χ0v) is 11.0. The first kappa shape index (κ1) is 15.0. The molecule has 2 N–H and O–H groups in total. The van der Waals surface area contributed by atoms with Crippen molar-refractivity contribution >= 4 is 11.7 Å². The van der Waals surface area contributed by atoms with Gasteiger partial charge in [-0.05, 0) is 19.1 Å². The van der Waals surface area contributed by atoms with Gasteiger partial charge in [0.1, 0.15) is 12.4 Å². The van der Waals surface area contributed by atoms with Crippen molar-refractivity contribution in [1.29, 1.82) is 0 Å². The predicted molar refractivity (Wildman–Crippen MR) is 72.9 cm³/mol. The quantitative estimate of drug-likeness (QED) is 0.441. The van der Waals surface area contributed by atoms with E-state index in [1.165, 1.54) is 0 Å². The maximum absolute atomic E-state index is 11.2. The summed E-state index contributed by atoms with van der Waals surface area (Å²) in [7, 11) is 0. The molecule has 5 nitrogen and oxygen atoms in total. The van der Waals surface area contributed by atoms with Crippen LogP contribution in [0.4, 0.5) is 5.69 Å². The maximum atomic E-state index is 11.2. The minimum absolute atomic E-state index is 0.197. The molecule has 0 fully saturated rings. The fourth-order valence-electron chi connectivity index (χ4n) is 1.37. The second-order valence-electron chi connectivity index (χ2n) is 3.81.